The molecule has 2 rings (SSSR count). The van der Waals surface area contributed by atoms with Crippen molar-refractivity contribution in [3.05, 3.63) is 23.8 Å². The molecule has 112 valence electrons. The molecule has 1 aromatic rings. The number of hydrogen-bond donors (Lipinski definition) is 1. The highest BCUT2D eigenvalue weighted by Crippen LogP contribution is 2.35. The molecule has 1 aromatic carbocycles. The third kappa shape index (κ3) is 3.38. The molecule has 1 atom stereocenters. The molecular weight excluding hydrogens is 265 g/mol. The van der Waals surface area contributed by atoms with Crippen LogP contribution in [0.2, 0.25) is 0 Å². The summed E-state index contributed by atoms with van der Waals surface area (Å²) in [5, 5.41) is 0. The Morgan fingerprint density at radius 3 is 2.60 bits per heavy atom. The lowest BCUT2D eigenvalue weighted by Gasteiger charge is -2.25. The number of alkyl halides is 3. The normalized spacial score (nSPS) is 20.8. The first kappa shape index (κ1) is 15.0. The first-order valence-corrected chi connectivity index (χ1v) is 7.13. The molecular formula is C15H21F3N2. The predicted octanol–water partition coefficient (Wildman–Crippen LogP) is 4.30. The summed E-state index contributed by atoms with van der Waals surface area (Å²) < 4.78 is 37.9. The van der Waals surface area contributed by atoms with Crippen LogP contribution in [0.4, 0.5) is 24.5 Å². The molecule has 0 spiro atoms. The Morgan fingerprint density at radius 1 is 1.25 bits per heavy atom. The van der Waals surface area contributed by atoms with E-state index in [4.69, 9.17) is 5.73 Å². The third-order valence-electron chi connectivity index (χ3n) is 4.12. The van der Waals surface area contributed by atoms with E-state index in [1.807, 2.05) is 0 Å². The van der Waals surface area contributed by atoms with Gasteiger partial charge in [0.25, 0.3) is 0 Å². The fourth-order valence-corrected chi connectivity index (χ4v) is 2.83. The quantitative estimate of drug-likeness (QED) is 0.821. The van der Waals surface area contributed by atoms with Crippen molar-refractivity contribution in [2.75, 3.05) is 23.7 Å². The number of hydrogen-bond acceptors (Lipinski definition) is 2. The van der Waals surface area contributed by atoms with E-state index in [-0.39, 0.29) is 5.69 Å². The zero-order valence-corrected chi connectivity index (χ0v) is 11.7. The summed E-state index contributed by atoms with van der Waals surface area (Å²) in [7, 11) is 0. The molecule has 0 saturated carbocycles. The fraction of sp³-hybridized carbons (Fsp3) is 0.600. The Bertz CT molecular complexity index is 457. The van der Waals surface area contributed by atoms with Crippen LogP contribution in [0, 0.1) is 5.92 Å². The van der Waals surface area contributed by atoms with Crippen LogP contribution in [0.3, 0.4) is 0 Å². The summed E-state index contributed by atoms with van der Waals surface area (Å²) in [4.78, 5) is 2.12. The molecule has 0 aromatic heterocycles. The Labute approximate surface area is 117 Å². The second-order valence-corrected chi connectivity index (χ2v) is 5.46. The maximum atomic E-state index is 12.6. The van der Waals surface area contributed by atoms with Gasteiger partial charge in [-0.25, -0.2) is 0 Å². The van der Waals surface area contributed by atoms with Crippen LogP contribution in [-0.4, -0.2) is 13.1 Å². The first-order chi connectivity index (χ1) is 9.41. The average Bonchev–Trinajstić information content (AvgIpc) is 2.62. The molecule has 0 bridgehead atoms. The molecule has 2 nitrogen and oxygen atoms in total. The second-order valence-electron chi connectivity index (χ2n) is 5.46. The van der Waals surface area contributed by atoms with Crippen LogP contribution in [0.15, 0.2) is 18.2 Å². The zero-order valence-electron chi connectivity index (χ0n) is 11.7. The van der Waals surface area contributed by atoms with Gasteiger partial charge < -0.3 is 10.6 Å². The lowest BCUT2D eigenvalue weighted by molar-refractivity contribution is -0.137. The zero-order chi connectivity index (χ0) is 14.8. The topological polar surface area (TPSA) is 29.3 Å². The Balaban J connectivity index is 2.17. The molecule has 1 saturated heterocycles. The van der Waals surface area contributed by atoms with Gasteiger partial charge in [-0.2, -0.15) is 13.2 Å². The summed E-state index contributed by atoms with van der Waals surface area (Å²) in [6, 6.07) is 3.66. The second kappa shape index (κ2) is 5.94. The summed E-state index contributed by atoms with van der Waals surface area (Å²) in [6.45, 7) is 3.92. The summed E-state index contributed by atoms with van der Waals surface area (Å²) in [5.41, 5.74) is 6.09. The fourth-order valence-electron chi connectivity index (χ4n) is 2.83. The lowest BCUT2D eigenvalue weighted by atomic mass is 9.98. The van der Waals surface area contributed by atoms with Gasteiger partial charge in [0.05, 0.1) is 16.9 Å². The summed E-state index contributed by atoms with van der Waals surface area (Å²) in [6.07, 6.45) is 0.165. The number of anilines is 2. The van der Waals surface area contributed by atoms with Crippen molar-refractivity contribution in [2.45, 2.75) is 38.8 Å². The van der Waals surface area contributed by atoms with Crippen molar-refractivity contribution in [2.24, 2.45) is 5.92 Å². The Kier molecular flexibility index (Phi) is 4.45. The van der Waals surface area contributed by atoms with Crippen LogP contribution in [0.1, 0.15) is 38.2 Å². The predicted molar refractivity (Wildman–Crippen MR) is 75.7 cm³/mol. The average molecular weight is 286 g/mol. The van der Waals surface area contributed by atoms with E-state index in [1.165, 1.54) is 12.5 Å². The monoisotopic (exact) mass is 286 g/mol. The van der Waals surface area contributed by atoms with Gasteiger partial charge in [0.15, 0.2) is 0 Å². The largest absolute Gasteiger partial charge is 0.416 e. The van der Waals surface area contributed by atoms with E-state index in [0.29, 0.717) is 0 Å². The Hall–Kier alpha value is -1.39. The molecule has 1 unspecified atom stereocenters. The highest BCUT2D eigenvalue weighted by molar-refractivity contribution is 5.68. The molecule has 2 N–H and O–H groups in total. The van der Waals surface area contributed by atoms with E-state index in [2.05, 4.69) is 11.8 Å². The number of nitrogen functional groups attached to an aromatic ring is 1. The van der Waals surface area contributed by atoms with E-state index in [1.54, 1.807) is 0 Å². The number of benzene rings is 1. The van der Waals surface area contributed by atoms with Crippen LogP contribution < -0.4 is 10.6 Å². The van der Waals surface area contributed by atoms with Crippen LogP contribution in [-0.2, 0) is 6.18 Å². The minimum Gasteiger partial charge on any atom is -0.397 e. The molecule has 1 fully saturated rings. The maximum absolute atomic E-state index is 12.6. The van der Waals surface area contributed by atoms with Crippen LogP contribution >= 0.6 is 0 Å². The van der Waals surface area contributed by atoms with Gasteiger partial charge in [0.2, 0.25) is 0 Å². The van der Waals surface area contributed by atoms with Gasteiger partial charge in [-0.15, -0.1) is 0 Å². The van der Waals surface area contributed by atoms with Crippen molar-refractivity contribution >= 4 is 11.4 Å². The van der Waals surface area contributed by atoms with Crippen molar-refractivity contribution in [1.29, 1.82) is 0 Å². The first-order valence-electron chi connectivity index (χ1n) is 7.13. The van der Waals surface area contributed by atoms with E-state index in [0.717, 1.165) is 56.1 Å². The molecule has 0 amide bonds. The molecule has 0 radical (unpaired) electrons. The van der Waals surface area contributed by atoms with E-state index in [9.17, 15) is 13.2 Å². The maximum Gasteiger partial charge on any atom is 0.416 e. The SMILES string of the molecule is CCC1CCCN(c2ccc(C(F)(F)F)cc2N)CC1. The number of rotatable bonds is 2. The van der Waals surface area contributed by atoms with Crippen LogP contribution in [0.25, 0.3) is 0 Å². The highest BCUT2D eigenvalue weighted by atomic mass is 19.4. The molecule has 1 aliphatic heterocycles. The van der Waals surface area contributed by atoms with Gasteiger partial charge in [0.1, 0.15) is 0 Å². The minimum absolute atomic E-state index is 0.217. The van der Waals surface area contributed by atoms with Crippen molar-refractivity contribution in [3.63, 3.8) is 0 Å². The Morgan fingerprint density at radius 2 is 2.00 bits per heavy atom. The van der Waals surface area contributed by atoms with E-state index < -0.39 is 11.7 Å². The van der Waals surface area contributed by atoms with E-state index >= 15 is 0 Å². The lowest BCUT2D eigenvalue weighted by Crippen LogP contribution is -2.25. The molecule has 1 heterocycles. The van der Waals surface area contributed by atoms with Crippen molar-refractivity contribution < 1.29 is 13.2 Å². The van der Waals surface area contributed by atoms with Crippen molar-refractivity contribution in [1.82, 2.24) is 0 Å². The summed E-state index contributed by atoms with van der Waals surface area (Å²) in [5.74, 6) is 0.718. The molecule has 1 aliphatic rings. The molecule has 20 heavy (non-hydrogen) atoms. The number of nitrogens with zero attached hydrogens (tertiary/aromatic N) is 1. The standard InChI is InChI=1S/C15H21F3N2/c1-2-11-4-3-8-20(9-7-11)14-6-5-12(10-13(14)19)15(16,17)18/h5-6,10-11H,2-4,7-9,19H2,1H3. The number of halogens is 3. The molecule has 5 heteroatoms. The minimum atomic E-state index is -4.33. The van der Waals surface area contributed by atoms with Gasteiger partial charge in [-0.05, 0) is 43.4 Å². The smallest absolute Gasteiger partial charge is 0.397 e. The van der Waals surface area contributed by atoms with Crippen molar-refractivity contribution in [3.8, 4) is 0 Å². The van der Waals surface area contributed by atoms with Gasteiger partial charge in [-0.1, -0.05) is 13.3 Å². The number of nitrogens with two attached hydrogens (primary N) is 1. The highest BCUT2D eigenvalue weighted by Gasteiger charge is 2.31. The third-order valence-corrected chi connectivity index (χ3v) is 4.12. The van der Waals surface area contributed by atoms with Crippen LogP contribution in [0.5, 0.6) is 0 Å². The van der Waals surface area contributed by atoms with Gasteiger partial charge in [-0.3, -0.25) is 0 Å². The molecule has 0 aliphatic carbocycles. The van der Waals surface area contributed by atoms with Gasteiger partial charge in [0, 0.05) is 13.1 Å². The summed E-state index contributed by atoms with van der Waals surface area (Å²) >= 11 is 0. The van der Waals surface area contributed by atoms with Gasteiger partial charge >= 0.3 is 6.18 Å².